The van der Waals surface area contributed by atoms with E-state index < -0.39 is 0 Å². The molecule has 1 N–H and O–H groups in total. The van der Waals surface area contributed by atoms with E-state index in [-0.39, 0.29) is 0 Å². The van der Waals surface area contributed by atoms with Crippen molar-refractivity contribution < 1.29 is 0 Å². The molecule has 2 rings (SSSR count). The third-order valence-electron chi connectivity index (χ3n) is 4.93. The van der Waals surface area contributed by atoms with Gasteiger partial charge in [0.25, 0.3) is 0 Å². The molecule has 0 aromatic carbocycles. The molecule has 0 amide bonds. The summed E-state index contributed by atoms with van der Waals surface area (Å²) < 4.78 is 0. The van der Waals surface area contributed by atoms with Crippen LogP contribution in [0.15, 0.2) is 0 Å². The monoisotopic (exact) mass is 252 g/mol. The van der Waals surface area contributed by atoms with Gasteiger partial charge in [-0.15, -0.1) is 0 Å². The van der Waals surface area contributed by atoms with Crippen LogP contribution in [-0.4, -0.2) is 37.6 Å². The Kier molecular flexibility index (Phi) is 5.97. The van der Waals surface area contributed by atoms with Crippen molar-refractivity contribution >= 4 is 0 Å². The molecule has 2 aliphatic carbocycles. The zero-order chi connectivity index (χ0) is 12.8. The molecule has 1 atom stereocenters. The number of hydrogen-bond acceptors (Lipinski definition) is 2. The maximum Gasteiger partial charge on any atom is 0.0223 e. The van der Waals surface area contributed by atoms with Gasteiger partial charge in [-0.2, -0.15) is 0 Å². The number of likely N-dealkylation sites (N-methyl/N-ethyl adjacent to an activating group) is 1. The second-order valence-electron chi connectivity index (χ2n) is 6.62. The van der Waals surface area contributed by atoms with Crippen LogP contribution in [0.5, 0.6) is 0 Å². The minimum atomic E-state index is 0.748. The third-order valence-corrected chi connectivity index (χ3v) is 4.93. The van der Waals surface area contributed by atoms with Gasteiger partial charge in [-0.3, -0.25) is 0 Å². The summed E-state index contributed by atoms with van der Waals surface area (Å²) in [5.41, 5.74) is 0. The summed E-state index contributed by atoms with van der Waals surface area (Å²) >= 11 is 0. The molecule has 106 valence electrons. The van der Waals surface area contributed by atoms with Gasteiger partial charge >= 0.3 is 0 Å². The van der Waals surface area contributed by atoms with Crippen molar-refractivity contribution in [2.75, 3.05) is 26.7 Å². The Morgan fingerprint density at radius 3 is 2.39 bits per heavy atom. The van der Waals surface area contributed by atoms with Gasteiger partial charge in [0.2, 0.25) is 0 Å². The minimum Gasteiger partial charge on any atom is -0.312 e. The van der Waals surface area contributed by atoms with Crippen molar-refractivity contribution in [2.24, 2.45) is 11.8 Å². The third kappa shape index (κ3) is 4.24. The Morgan fingerprint density at radius 2 is 1.83 bits per heavy atom. The molecule has 18 heavy (non-hydrogen) atoms. The quantitative estimate of drug-likeness (QED) is 0.713. The molecular formula is C16H32N2. The fraction of sp³-hybridized carbons (Fsp3) is 1.00. The first kappa shape index (κ1) is 14.3. The smallest absolute Gasteiger partial charge is 0.0223 e. The van der Waals surface area contributed by atoms with Crippen LogP contribution >= 0.6 is 0 Å². The molecule has 2 saturated carbocycles. The lowest BCUT2D eigenvalue weighted by Crippen LogP contribution is -2.45. The van der Waals surface area contributed by atoms with Crippen LogP contribution in [0.1, 0.15) is 58.3 Å². The maximum absolute atomic E-state index is 3.81. The first-order valence-electron chi connectivity index (χ1n) is 8.21. The molecule has 0 aromatic rings. The summed E-state index contributed by atoms with van der Waals surface area (Å²) in [6, 6.07) is 0.748. The molecule has 0 radical (unpaired) electrons. The highest BCUT2D eigenvalue weighted by Gasteiger charge is 2.26. The lowest BCUT2D eigenvalue weighted by molar-refractivity contribution is 0.175. The van der Waals surface area contributed by atoms with Crippen LogP contribution in [0.3, 0.4) is 0 Å². The average molecular weight is 252 g/mol. The van der Waals surface area contributed by atoms with Gasteiger partial charge in [0.15, 0.2) is 0 Å². The first-order chi connectivity index (χ1) is 8.79. The van der Waals surface area contributed by atoms with Crippen molar-refractivity contribution in [1.82, 2.24) is 10.2 Å². The summed E-state index contributed by atoms with van der Waals surface area (Å²) in [6.07, 6.45) is 11.5. The molecule has 2 aliphatic rings. The van der Waals surface area contributed by atoms with E-state index in [1.54, 1.807) is 0 Å². The van der Waals surface area contributed by atoms with Crippen LogP contribution < -0.4 is 5.32 Å². The topological polar surface area (TPSA) is 15.3 Å². The highest BCUT2D eigenvalue weighted by molar-refractivity contribution is 4.83. The maximum atomic E-state index is 3.81. The molecule has 2 fully saturated rings. The number of hydrogen-bond donors (Lipinski definition) is 1. The molecule has 0 bridgehead atoms. The highest BCUT2D eigenvalue weighted by atomic mass is 15.1. The van der Waals surface area contributed by atoms with E-state index in [0.717, 1.165) is 17.9 Å². The Labute approximate surface area is 114 Å². The van der Waals surface area contributed by atoms with Crippen LogP contribution in [0.4, 0.5) is 0 Å². The van der Waals surface area contributed by atoms with Crippen molar-refractivity contribution in [3.05, 3.63) is 0 Å². The average Bonchev–Trinajstić information content (AvgIpc) is 2.83. The molecule has 0 spiro atoms. The Hall–Kier alpha value is -0.0800. The molecule has 0 heterocycles. The number of nitrogens with zero attached hydrogens (tertiary/aromatic N) is 1. The van der Waals surface area contributed by atoms with Crippen LogP contribution in [0, 0.1) is 11.8 Å². The molecule has 0 aliphatic heterocycles. The van der Waals surface area contributed by atoms with Gasteiger partial charge in [-0.1, -0.05) is 26.2 Å². The lowest BCUT2D eigenvalue weighted by atomic mass is 9.85. The summed E-state index contributed by atoms with van der Waals surface area (Å²) in [5, 5.41) is 3.81. The fourth-order valence-corrected chi connectivity index (χ4v) is 3.60. The van der Waals surface area contributed by atoms with Crippen LogP contribution in [-0.2, 0) is 0 Å². The van der Waals surface area contributed by atoms with E-state index in [0.29, 0.717) is 0 Å². The Bertz CT molecular complexity index is 219. The van der Waals surface area contributed by atoms with E-state index in [2.05, 4.69) is 24.2 Å². The molecule has 2 nitrogen and oxygen atoms in total. The first-order valence-corrected chi connectivity index (χ1v) is 8.21. The van der Waals surface area contributed by atoms with E-state index in [1.165, 1.54) is 71.0 Å². The van der Waals surface area contributed by atoms with Gasteiger partial charge in [-0.05, 0) is 57.5 Å². The molecule has 1 unspecified atom stereocenters. The van der Waals surface area contributed by atoms with Crippen molar-refractivity contribution in [3.8, 4) is 0 Å². The lowest BCUT2D eigenvalue weighted by Gasteiger charge is -2.34. The van der Waals surface area contributed by atoms with Gasteiger partial charge in [0, 0.05) is 19.1 Å². The minimum absolute atomic E-state index is 0.748. The van der Waals surface area contributed by atoms with Crippen molar-refractivity contribution in [2.45, 2.75) is 64.3 Å². The summed E-state index contributed by atoms with van der Waals surface area (Å²) in [4.78, 5) is 2.59. The predicted octanol–water partition coefficient (Wildman–Crippen LogP) is 3.28. The van der Waals surface area contributed by atoms with Crippen LogP contribution in [0.25, 0.3) is 0 Å². The van der Waals surface area contributed by atoms with E-state index in [4.69, 9.17) is 0 Å². The second-order valence-corrected chi connectivity index (χ2v) is 6.62. The van der Waals surface area contributed by atoms with Gasteiger partial charge < -0.3 is 10.2 Å². The SMILES string of the molecule is CCCNC(CN(C)CC1CCC1)C1CCCC1. The second kappa shape index (κ2) is 7.49. The highest BCUT2D eigenvalue weighted by Crippen LogP contribution is 2.29. The van der Waals surface area contributed by atoms with E-state index in [9.17, 15) is 0 Å². The molecule has 2 heteroatoms. The van der Waals surface area contributed by atoms with Crippen molar-refractivity contribution in [1.29, 1.82) is 0 Å². The summed E-state index contributed by atoms with van der Waals surface area (Å²) in [6.45, 7) is 6.06. The molecule has 0 aromatic heterocycles. The van der Waals surface area contributed by atoms with Crippen LogP contribution in [0.2, 0.25) is 0 Å². The zero-order valence-electron chi connectivity index (χ0n) is 12.5. The van der Waals surface area contributed by atoms with Gasteiger partial charge in [-0.25, -0.2) is 0 Å². The predicted molar refractivity (Wildman–Crippen MR) is 78.9 cm³/mol. The fourth-order valence-electron chi connectivity index (χ4n) is 3.60. The number of rotatable bonds is 8. The molecular weight excluding hydrogens is 220 g/mol. The summed E-state index contributed by atoms with van der Waals surface area (Å²) in [5.74, 6) is 1.95. The largest absolute Gasteiger partial charge is 0.312 e. The molecule has 0 saturated heterocycles. The van der Waals surface area contributed by atoms with Crippen molar-refractivity contribution in [3.63, 3.8) is 0 Å². The van der Waals surface area contributed by atoms with Gasteiger partial charge in [0.1, 0.15) is 0 Å². The summed E-state index contributed by atoms with van der Waals surface area (Å²) in [7, 11) is 2.33. The van der Waals surface area contributed by atoms with E-state index >= 15 is 0 Å². The van der Waals surface area contributed by atoms with Gasteiger partial charge in [0.05, 0.1) is 0 Å². The Balaban J connectivity index is 1.74. The van der Waals surface area contributed by atoms with E-state index in [1.807, 2.05) is 0 Å². The number of nitrogens with one attached hydrogen (secondary N) is 1. The zero-order valence-corrected chi connectivity index (χ0v) is 12.5. The standard InChI is InChI=1S/C16H32N2/c1-3-11-17-16(15-9-4-5-10-15)13-18(2)12-14-7-6-8-14/h14-17H,3-13H2,1-2H3. The Morgan fingerprint density at radius 1 is 1.11 bits per heavy atom. The normalized spacial score (nSPS) is 23.5.